The van der Waals surface area contributed by atoms with E-state index < -0.39 is 82.9 Å². The number of hydrogen-bond acceptors (Lipinski definition) is 16. The second kappa shape index (κ2) is 14.8. The van der Waals surface area contributed by atoms with Crippen molar-refractivity contribution in [1.29, 1.82) is 0 Å². The lowest BCUT2D eigenvalue weighted by molar-refractivity contribution is 0.471. The largest absolute Gasteiger partial charge is 0.505 e. The van der Waals surface area contributed by atoms with Crippen LogP contribution in [0.2, 0.25) is 0 Å². The van der Waals surface area contributed by atoms with Gasteiger partial charge in [0.25, 0.3) is 40.5 Å². The first-order valence-electron chi connectivity index (χ1n) is 15.7. The monoisotopic (exact) mass is 870 g/mol. The van der Waals surface area contributed by atoms with Crippen LogP contribution in [0.4, 0.5) is 34.1 Å². The summed E-state index contributed by atoms with van der Waals surface area (Å²) >= 11 is 0. The number of nitrogen functional groups attached to an aromatic ring is 2. The van der Waals surface area contributed by atoms with Crippen LogP contribution in [0, 0.1) is 0 Å². The van der Waals surface area contributed by atoms with E-state index in [9.17, 15) is 62.1 Å². The number of nitrogens with two attached hydrogens (primary N) is 2. The van der Waals surface area contributed by atoms with Crippen LogP contribution < -0.4 is 11.5 Å². The van der Waals surface area contributed by atoms with Gasteiger partial charge in [0.1, 0.15) is 31.0 Å². The van der Waals surface area contributed by atoms with Crippen LogP contribution in [0.15, 0.2) is 125 Å². The van der Waals surface area contributed by atoms with Gasteiger partial charge >= 0.3 is 0 Å². The highest BCUT2D eigenvalue weighted by Crippen LogP contribution is 2.43. The number of rotatable bonds is 10. The molecule has 0 aliphatic heterocycles. The molecule has 0 aliphatic carbocycles. The Kier molecular flexibility index (Phi) is 10.6. The predicted molar refractivity (Wildman–Crippen MR) is 209 cm³/mol. The standard InChI is InChI=1S/C34H26N6O14S4/c35-21-6-3-18-12-29(57(49,50)51)31(33(41)25(18)14-21)39-37-23-9-10-27(55(43,44)45)20(11-23)2-1-17-5-8-24(16-28(17)56(46,47)48)38-40-32-30(58(52,53)54)13-19-4-7-22(36)15-26(19)34(32)42/h1-16,41-42H,35-36H2,(H,43,44,45)(H,46,47,48)(H,49,50,51)(H,52,53,54)/b2-1+,39-37+,40-38+. The van der Waals surface area contributed by atoms with E-state index in [1.807, 2.05) is 0 Å². The zero-order chi connectivity index (χ0) is 42.5. The number of anilines is 2. The van der Waals surface area contributed by atoms with Crippen molar-refractivity contribution >= 4 is 108 Å². The molecule has 0 bridgehead atoms. The van der Waals surface area contributed by atoms with Gasteiger partial charge in [-0.3, -0.25) is 18.2 Å². The van der Waals surface area contributed by atoms with E-state index in [0.29, 0.717) is 0 Å². The number of phenols is 2. The van der Waals surface area contributed by atoms with Gasteiger partial charge in [-0.25, -0.2) is 0 Å². The lowest BCUT2D eigenvalue weighted by Gasteiger charge is -2.10. The third-order valence-corrected chi connectivity index (χ3v) is 11.8. The van der Waals surface area contributed by atoms with Gasteiger partial charge in [-0.05, 0) is 88.6 Å². The molecule has 20 nitrogen and oxygen atoms in total. The third-order valence-electron chi connectivity index (χ3n) is 8.23. The van der Waals surface area contributed by atoms with Crippen molar-refractivity contribution < 1.29 is 62.1 Å². The van der Waals surface area contributed by atoms with E-state index in [2.05, 4.69) is 20.5 Å². The Labute approximate surface area is 328 Å². The van der Waals surface area contributed by atoms with Crippen molar-refractivity contribution in [3.8, 4) is 11.5 Å². The SMILES string of the molecule is Nc1ccc2cc(S(=O)(=O)O)c(/N=N/c3ccc(S(=O)(=O)O)c(/C=C/c4ccc(/N=N/c5c(S(=O)(=O)O)cc6ccc(N)cc6c5O)cc4S(=O)(=O)O)c3)c(O)c2c1. The van der Waals surface area contributed by atoms with E-state index in [1.165, 1.54) is 36.4 Å². The maximum atomic E-state index is 12.5. The van der Waals surface area contributed by atoms with Crippen LogP contribution >= 0.6 is 0 Å². The Morgan fingerprint density at radius 2 is 0.845 bits per heavy atom. The zero-order valence-corrected chi connectivity index (χ0v) is 32.0. The van der Waals surface area contributed by atoms with E-state index >= 15 is 0 Å². The van der Waals surface area contributed by atoms with E-state index in [0.717, 1.165) is 60.7 Å². The molecule has 0 aliphatic rings. The van der Waals surface area contributed by atoms with Crippen LogP contribution in [-0.4, -0.2) is 62.1 Å². The molecule has 58 heavy (non-hydrogen) atoms. The molecule has 0 saturated carbocycles. The fourth-order valence-corrected chi connectivity index (χ4v) is 8.29. The Bertz CT molecular complexity index is 3280. The van der Waals surface area contributed by atoms with E-state index in [1.54, 1.807) is 0 Å². The summed E-state index contributed by atoms with van der Waals surface area (Å²) in [5.41, 5.74) is 9.31. The molecule has 0 amide bonds. The molecule has 0 heterocycles. The number of nitrogens with zero attached hydrogens (tertiary/aromatic N) is 4. The summed E-state index contributed by atoms with van der Waals surface area (Å²) in [6, 6.07) is 16.1. The molecule has 0 fully saturated rings. The molecule has 0 saturated heterocycles. The van der Waals surface area contributed by atoms with Gasteiger partial charge in [-0.2, -0.15) is 43.9 Å². The normalized spacial score (nSPS) is 13.1. The van der Waals surface area contributed by atoms with Crippen molar-refractivity contribution in [2.24, 2.45) is 20.5 Å². The molecule has 24 heteroatoms. The van der Waals surface area contributed by atoms with Crippen LogP contribution in [0.1, 0.15) is 11.1 Å². The minimum Gasteiger partial charge on any atom is -0.505 e. The summed E-state index contributed by atoms with van der Waals surface area (Å²) < 4.78 is 138. The van der Waals surface area contributed by atoms with Crippen LogP contribution in [0.25, 0.3) is 33.7 Å². The van der Waals surface area contributed by atoms with Crippen LogP contribution in [0.3, 0.4) is 0 Å². The molecule has 0 spiro atoms. The minimum absolute atomic E-state index is 0.0376. The van der Waals surface area contributed by atoms with Gasteiger partial charge in [-0.1, -0.05) is 30.4 Å². The first kappa shape index (κ1) is 41.3. The van der Waals surface area contributed by atoms with Crippen LogP contribution in [-0.2, 0) is 40.5 Å². The van der Waals surface area contributed by atoms with Gasteiger partial charge < -0.3 is 21.7 Å². The second-order valence-corrected chi connectivity index (χ2v) is 17.7. The number of hydrogen-bond donors (Lipinski definition) is 8. The molecule has 10 N–H and O–H groups in total. The molecule has 0 aromatic heterocycles. The second-order valence-electron chi connectivity index (χ2n) is 12.2. The van der Waals surface area contributed by atoms with Gasteiger partial charge in [0.2, 0.25) is 0 Å². The summed E-state index contributed by atoms with van der Waals surface area (Å²) in [5, 5.41) is 37.3. The van der Waals surface area contributed by atoms with E-state index in [4.69, 9.17) is 11.5 Å². The first-order valence-corrected chi connectivity index (χ1v) is 21.5. The topological polar surface area (TPSA) is 359 Å². The van der Waals surface area contributed by atoms with Crippen molar-refractivity contribution in [2.75, 3.05) is 11.5 Å². The lowest BCUT2D eigenvalue weighted by atomic mass is 10.1. The molecule has 0 radical (unpaired) electrons. The number of benzene rings is 6. The number of fused-ring (bicyclic) bond motifs is 2. The highest BCUT2D eigenvalue weighted by atomic mass is 32.2. The predicted octanol–water partition coefficient (Wildman–Crippen LogP) is 6.56. The van der Waals surface area contributed by atoms with Crippen molar-refractivity contribution in [3.05, 3.63) is 96.1 Å². The van der Waals surface area contributed by atoms with Gasteiger partial charge in [0.15, 0.2) is 11.5 Å². The Morgan fingerprint density at radius 1 is 0.431 bits per heavy atom. The number of azo groups is 2. The number of aromatic hydroxyl groups is 2. The molecular formula is C34H26N6O14S4. The molecule has 6 aromatic rings. The van der Waals surface area contributed by atoms with Crippen molar-refractivity contribution in [3.63, 3.8) is 0 Å². The average Bonchev–Trinajstić information content (AvgIpc) is 3.12. The fraction of sp³-hybridized carbons (Fsp3) is 0. The maximum absolute atomic E-state index is 12.5. The smallest absolute Gasteiger partial charge is 0.296 e. The molecule has 0 atom stereocenters. The highest BCUT2D eigenvalue weighted by Gasteiger charge is 2.24. The fourth-order valence-electron chi connectivity index (χ4n) is 5.61. The summed E-state index contributed by atoms with van der Waals surface area (Å²) in [6.45, 7) is 0. The molecule has 0 unspecified atom stereocenters. The van der Waals surface area contributed by atoms with Crippen LogP contribution in [0.5, 0.6) is 11.5 Å². The quantitative estimate of drug-likeness (QED) is 0.0313. The van der Waals surface area contributed by atoms with Gasteiger partial charge in [0.05, 0.1) is 11.4 Å². The molecule has 6 aromatic carbocycles. The maximum Gasteiger partial charge on any atom is 0.296 e. The van der Waals surface area contributed by atoms with E-state index in [-0.39, 0.29) is 55.4 Å². The minimum atomic E-state index is -5.10. The highest BCUT2D eigenvalue weighted by molar-refractivity contribution is 7.86. The molecule has 6 rings (SSSR count). The molecule has 300 valence electrons. The van der Waals surface area contributed by atoms with Gasteiger partial charge in [0, 0.05) is 22.1 Å². The first-order chi connectivity index (χ1) is 26.9. The average molecular weight is 871 g/mol. The summed E-state index contributed by atoms with van der Waals surface area (Å²) in [7, 11) is -20.1. The Morgan fingerprint density at radius 3 is 1.29 bits per heavy atom. The zero-order valence-electron chi connectivity index (χ0n) is 28.8. The third kappa shape index (κ3) is 8.62. The number of phenolic OH excluding ortho intramolecular Hbond substituents is 2. The summed E-state index contributed by atoms with van der Waals surface area (Å²) in [4.78, 5) is -3.24. The summed E-state index contributed by atoms with van der Waals surface area (Å²) in [5.74, 6) is -1.47. The van der Waals surface area contributed by atoms with Gasteiger partial charge in [-0.15, -0.1) is 10.2 Å². The Hall–Kier alpha value is -6.38. The Balaban J connectivity index is 1.41. The lowest BCUT2D eigenvalue weighted by Crippen LogP contribution is -2.01. The van der Waals surface area contributed by atoms with Crippen molar-refractivity contribution in [1.82, 2.24) is 0 Å². The van der Waals surface area contributed by atoms with Crippen molar-refractivity contribution in [2.45, 2.75) is 19.6 Å². The molecular weight excluding hydrogens is 845 g/mol. The summed E-state index contributed by atoms with van der Waals surface area (Å²) in [6.07, 6.45) is 1.99.